The Balaban J connectivity index is 1.64. The van der Waals surface area contributed by atoms with Crippen LogP contribution in [-0.4, -0.2) is 46.2 Å². The molecular weight excluding hydrogens is 352 g/mol. The van der Waals surface area contributed by atoms with Crippen molar-refractivity contribution in [2.75, 3.05) is 19.0 Å². The lowest BCUT2D eigenvalue weighted by molar-refractivity contribution is -0.145. The highest BCUT2D eigenvalue weighted by Gasteiger charge is 2.23. The summed E-state index contributed by atoms with van der Waals surface area (Å²) in [6, 6.07) is 8.19. The van der Waals surface area contributed by atoms with E-state index in [-0.39, 0.29) is 11.9 Å². The normalized spacial score (nSPS) is 16.5. The predicted molar refractivity (Wildman–Crippen MR) is 99.1 cm³/mol. The van der Waals surface area contributed by atoms with Gasteiger partial charge < -0.3 is 14.8 Å². The van der Waals surface area contributed by atoms with Gasteiger partial charge in [0.1, 0.15) is 0 Å². The zero-order valence-corrected chi connectivity index (χ0v) is 15.9. The second-order valence-corrected chi connectivity index (χ2v) is 7.00. The molecule has 3 rings (SSSR count). The third-order valence-corrected chi connectivity index (χ3v) is 5.20. The molecule has 2 heterocycles. The number of aromatic nitrogens is 3. The van der Waals surface area contributed by atoms with Crippen molar-refractivity contribution in [3.63, 3.8) is 0 Å². The lowest BCUT2D eigenvalue weighted by Gasteiger charge is -2.25. The smallest absolute Gasteiger partial charge is 0.273 e. The number of hydrogen-bond acceptors (Lipinski definition) is 6. The summed E-state index contributed by atoms with van der Waals surface area (Å²) in [5.74, 6) is 0.770. The average Bonchev–Trinajstić information content (AvgIpc) is 3.11. The molecule has 140 valence electrons. The standard InChI is InChI=1S/C18H24N4O3S/c1-3-24-17(25-4-2)12-22-11-15(20-21-22)18(23)19-14-9-10-26-16-8-6-5-7-13(14)16/h5-8,11,14,17H,3-4,9-10,12H2,1-2H3,(H,19,23)/t14-/m0/s1. The molecule has 0 aliphatic carbocycles. The first kappa shape index (κ1) is 18.9. The number of amides is 1. The minimum absolute atomic E-state index is 0.00435. The zero-order valence-electron chi connectivity index (χ0n) is 15.1. The summed E-state index contributed by atoms with van der Waals surface area (Å²) in [6.07, 6.45) is 2.13. The minimum Gasteiger partial charge on any atom is -0.351 e. The molecule has 1 aromatic carbocycles. The van der Waals surface area contributed by atoms with Crippen LogP contribution < -0.4 is 5.32 Å². The number of benzene rings is 1. The molecule has 8 heteroatoms. The lowest BCUT2D eigenvalue weighted by Crippen LogP contribution is -2.31. The fourth-order valence-electron chi connectivity index (χ4n) is 2.89. The van der Waals surface area contributed by atoms with Crippen LogP contribution in [0, 0.1) is 0 Å². The Labute approximate surface area is 157 Å². The van der Waals surface area contributed by atoms with Crippen molar-refractivity contribution in [3.05, 3.63) is 41.7 Å². The maximum atomic E-state index is 12.6. The van der Waals surface area contributed by atoms with Gasteiger partial charge in [-0.3, -0.25) is 4.79 Å². The zero-order chi connectivity index (χ0) is 18.4. The number of thioether (sulfide) groups is 1. The van der Waals surface area contributed by atoms with E-state index in [1.54, 1.807) is 10.9 Å². The van der Waals surface area contributed by atoms with Crippen LogP contribution in [0.5, 0.6) is 0 Å². The average molecular weight is 376 g/mol. The number of nitrogens with one attached hydrogen (secondary N) is 1. The first-order valence-corrected chi connectivity index (χ1v) is 9.85. The maximum absolute atomic E-state index is 12.6. The Hall–Kier alpha value is -1.90. The van der Waals surface area contributed by atoms with Crippen LogP contribution >= 0.6 is 11.8 Å². The van der Waals surface area contributed by atoms with E-state index < -0.39 is 6.29 Å². The molecule has 0 saturated heterocycles. The van der Waals surface area contributed by atoms with Gasteiger partial charge in [-0.25, -0.2) is 4.68 Å². The summed E-state index contributed by atoms with van der Waals surface area (Å²) in [5.41, 5.74) is 1.46. The van der Waals surface area contributed by atoms with Gasteiger partial charge in [0.25, 0.3) is 5.91 Å². The lowest BCUT2D eigenvalue weighted by atomic mass is 10.0. The molecule has 1 N–H and O–H groups in total. The van der Waals surface area contributed by atoms with Gasteiger partial charge in [-0.15, -0.1) is 16.9 Å². The second kappa shape index (κ2) is 9.16. The molecule has 2 aromatic rings. The summed E-state index contributed by atoms with van der Waals surface area (Å²) >= 11 is 1.82. The first-order chi connectivity index (χ1) is 12.7. The quantitative estimate of drug-likeness (QED) is 0.714. The maximum Gasteiger partial charge on any atom is 0.273 e. The van der Waals surface area contributed by atoms with Crippen LogP contribution in [0.4, 0.5) is 0 Å². The summed E-state index contributed by atoms with van der Waals surface area (Å²) in [5, 5.41) is 11.1. The van der Waals surface area contributed by atoms with E-state index in [4.69, 9.17) is 9.47 Å². The number of carbonyl (C=O) groups excluding carboxylic acids is 1. The summed E-state index contributed by atoms with van der Waals surface area (Å²) in [4.78, 5) is 13.8. The molecule has 0 radical (unpaired) electrons. The third kappa shape index (κ3) is 4.63. The fraction of sp³-hybridized carbons (Fsp3) is 0.500. The Morgan fingerprint density at radius 3 is 2.88 bits per heavy atom. The van der Waals surface area contributed by atoms with E-state index in [1.165, 1.54) is 4.90 Å². The Morgan fingerprint density at radius 1 is 1.35 bits per heavy atom. The Kier molecular flexibility index (Phi) is 6.65. The third-order valence-electron chi connectivity index (χ3n) is 4.08. The molecule has 0 spiro atoms. The number of fused-ring (bicyclic) bond motifs is 1. The van der Waals surface area contributed by atoms with E-state index >= 15 is 0 Å². The van der Waals surface area contributed by atoms with Crippen LogP contribution in [0.15, 0.2) is 35.4 Å². The summed E-state index contributed by atoms with van der Waals surface area (Å²) in [7, 11) is 0. The largest absolute Gasteiger partial charge is 0.351 e. The topological polar surface area (TPSA) is 78.3 Å². The van der Waals surface area contributed by atoms with Gasteiger partial charge in [-0.1, -0.05) is 23.4 Å². The molecule has 0 saturated carbocycles. The van der Waals surface area contributed by atoms with Gasteiger partial charge in [-0.05, 0) is 31.9 Å². The number of hydrogen-bond donors (Lipinski definition) is 1. The van der Waals surface area contributed by atoms with Gasteiger partial charge in [0.2, 0.25) is 0 Å². The molecule has 1 aliphatic heterocycles. The number of ether oxygens (including phenoxy) is 2. The minimum atomic E-state index is -0.398. The van der Waals surface area contributed by atoms with Crippen LogP contribution in [0.25, 0.3) is 0 Å². The highest BCUT2D eigenvalue weighted by molar-refractivity contribution is 7.99. The molecule has 1 amide bonds. The van der Waals surface area contributed by atoms with Crippen molar-refractivity contribution in [1.29, 1.82) is 0 Å². The van der Waals surface area contributed by atoms with E-state index in [2.05, 4.69) is 27.8 Å². The monoisotopic (exact) mass is 376 g/mol. The highest BCUT2D eigenvalue weighted by Crippen LogP contribution is 2.35. The highest BCUT2D eigenvalue weighted by atomic mass is 32.2. The molecule has 0 bridgehead atoms. The van der Waals surface area contributed by atoms with E-state index in [0.717, 1.165) is 17.7 Å². The van der Waals surface area contributed by atoms with Crippen LogP contribution in [-0.2, 0) is 16.0 Å². The van der Waals surface area contributed by atoms with E-state index in [0.29, 0.717) is 25.5 Å². The SMILES string of the molecule is CCOC(Cn1cc(C(=O)N[C@H]2CCSc3ccccc32)nn1)OCC. The van der Waals surface area contributed by atoms with Gasteiger partial charge in [0, 0.05) is 23.9 Å². The predicted octanol–water partition coefficient (Wildman–Crippen LogP) is 2.64. The van der Waals surface area contributed by atoms with Crippen molar-refractivity contribution in [3.8, 4) is 0 Å². The molecule has 0 unspecified atom stereocenters. The van der Waals surface area contributed by atoms with Gasteiger partial charge in [-0.2, -0.15) is 0 Å². The molecular formula is C18H24N4O3S. The van der Waals surface area contributed by atoms with Crippen molar-refractivity contribution in [2.45, 2.75) is 44.0 Å². The molecule has 1 aromatic heterocycles. The van der Waals surface area contributed by atoms with Gasteiger partial charge >= 0.3 is 0 Å². The molecule has 0 fully saturated rings. The van der Waals surface area contributed by atoms with Crippen molar-refractivity contribution >= 4 is 17.7 Å². The summed E-state index contributed by atoms with van der Waals surface area (Å²) in [6.45, 7) is 5.31. The Morgan fingerprint density at radius 2 is 2.12 bits per heavy atom. The van der Waals surface area contributed by atoms with E-state index in [9.17, 15) is 4.79 Å². The molecule has 7 nitrogen and oxygen atoms in total. The van der Waals surface area contributed by atoms with Crippen molar-refractivity contribution in [2.24, 2.45) is 0 Å². The van der Waals surface area contributed by atoms with Crippen molar-refractivity contribution < 1.29 is 14.3 Å². The Bertz CT molecular complexity index is 731. The second-order valence-electron chi connectivity index (χ2n) is 5.87. The number of nitrogens with zero attached hydrogens (tertiary/aromatic N) is 3. The van der Waals surface area contributed by atoms with Crippen molar-refractivity contribution in [1.82, 2.24) is 20.3 Å². The van der Waals surface area contributed by atoms with Crippen LogP contribution in [0.1, 0.15) is 42.4 Å². The number of carbonyl (C=O) groups is 1. The first-order valence-electron chi connectivity index (χ1n) is 8.87. The summed E-state index contributed by atoms with van der Waals surface area (Å²) < 4.78 is 12.6. The van der Waals surface area contributed by atoms with Crippen LogP contribution in [0.3, 0.4) is 0 Å². The number of rotatable bonds is 8. The van der Waals surface area contributed by atoms with Gasteiger partial charge in [0.05, 0.1) is 18.8 Å². The van der Waals surface area contributed by atoms with E-state index in [1.807, 2.05) is 37.7 Å². The van der Waals surface area contributed by atoms with Crippen LogP contribution in [0.2, 0.25) is 0 Å². The fourth-order valence-corrected chi connectivity index (χ4v) is 4.02. The molecule has 26 heavy (non-hydrogen) atoms. The molecule has 1 aliphatic rings. The molecule has 1 atom stereocenters. The van der Waals surface area contributed by atoms with Gasteiger partial charge in [0.15, 0.2) is 12.0 Å².